The first-order valence-corrected chi connectivity index (χ1v) is 8.50. The molecule has 0 fully saturated rings. The molecule has 1 aliphatic rings. The van der Waals surface area contributed by atoms with Crippen LogP contribution in [0.1, 0.15) is 26.5 Å². The highest BCUT2D eigenvalue weighted by molar-refractivity contribution is 7.14. The molecule has 0 saturated carbocycles. The number of nitrogens with zero attached hydrogens (tertiary/aromatic N) is 1. The largest absolute Gasteiger partial charge is 0.451 e. The van der Waals surface area contributed by atoms with Crippen molar-refractivity contribution in [3.63, 3.8) is 0 Å². The normalized spacial score (nSPS) is 12.8. The third-order valence-electron chi connectivity index (χ3n) is 3.35. The summed E-state index contributed by atoms with van der Waals surface area (Å²) in [6.07, 6.45) is 4.50. The molecule has 2 aromatic heterocycles. The van der Waals surface area contributed by atoms with Crippen molar-refractivity contribution in [3.05, 3.63) is 43.7 Å². The number of thiophene rings is 1. The topological polar surface area (TPSA) is 68.3 Å². The van der Waals surface area contributed by atoms with Gasteiger partial charge in [0.25, 0.3) is 5.91 Å². The van der Waals surface area contributed by atoms with Gasteiger partial charge in [0.2, 0.25) is 0 Å². The fraction of sp³-hybridized carbons (Fsp3) is 0.267. The Morgan fingerprint density at radius 2 is 2.13 bits per heavy atom. The number of pyridine rings is 1. The summed E-state index contributed by atoms with van der Waals surface area (Å²) in [5.74, 6) is -0.832. The Labute approximate surface area is 146 Å². The molecule has 0 aliphatic heterocycles. The second kappa shape index (κ2) is 6.86. The minimum atomic E-state index is -0.515. The Morgan fingerprint density at radius 3 is 2.87 bits per heavy atom. The number of amides is 1. The van der Waals surface area contributed by atoms with Gasteiger partial charge in [0, 0.05) is 11.1 Å². The highest BCUT2D eigenvalue weighted by atomic mass is 35.5. The number of rotatable bonds is 4. The highest BCUT2D eigenvalue weighted by Gasteiger charge is 2.20. The average Bonchev–Trinajstić information content (AvgIpc) is 3.09. The number of aryl methyl sites for hydroxylation is 2. The lowest BCUT2D eigenvalue weighted by Crippen LogP contribution is -2.21. The van der Waals surface area contributed by atoms with E-state index in [9.17, 15) is 9.59 Å². The van der Waals surface area contributed by atoms with Crippen LogP contribution in [0.3, 0.4) is 0 Å². The zero-order chi connectivity index (χ0) is 16.4. The summed E-state index contributed by atoms with van der Waals surface area (Å²) < 4.78 is 5.03. The van der Waals surface area contributed by atoms with Crippen molar-refractivity contribution in [3.8, 4) is 0 Å². The van der Waals surface area contributed by atoms with Crippen LogP contribution in [0.15, 0.2) is 18.3 Å². The molecule has 8 heteroatoms. The van der Waals surface area contributed by atoms with Crippen LogP contribution in [0.4, 0.5) is 5.82 Å². The van der Waals surface area contributed by atoms with Crippen LogP contribution in [0.2, 0.25) is 10.0 Å². The minimum absolute atomic E-state index is 0.173. The highest BCUT2D eigenvalue weighted by Crippen LogP contribution is 2.31. The van der Waals surface area contributed by atoms with E-state index in [0.29, 0.717) is 9.90 Å². The number of hydrogen-bond donors (Lipinski definition) is 1. The Morgan fingerprint density at radius 1 is 1.30 bits per heavy atom. The molecule has 120 valence electrons. The van der Waals surface area contributed by atoms with Crippen molar-refractivity contribution in [2.75, 3.05) is 11.9 Å². The van der Waals surface area contributed by atoms with Gasteiger partial charge in [-0.1, -0.05) is 23.2 Å². The summed E-state index contributed by atoms with van der Waals surface area (Å²) in [6.45, 7) is -0.401. The first-order valence-electron chi connectivity index (χ1n) is 6.92. The molecule has 2 aromatic rings. The summed E-state index contributed by atoms with van der Waals surface area (Å²) in [7, 11) is 0. The van der Waals surface area contributed by atoms with E-state index in [4.69, 9.17) is 27.9 Å². The van der Waals surface area contributed by atoms with E-state index in [1.54, 1.807) is 0 Å². The molecule has 0 saturated heterocycles. The Bertz CT molecular complexity index is 755. The van der Waals surface area contributed by atoms with Crippen LogP contribution in [0, 0.1) is 0 Å². The number of nitrogens with one attached hydrogen (secondary N) is 1. The lowest BCUT2D eigenvalue weighted by molar-refractivity contribution is -0.119. The van der Waals surface area contributed by atoms with E-state index < -0.39 is 18.5 Å². The van der Waals surface area contributed by atoms with Gasteiger partial charge >= 0.3 is 5.97 Å². The minimum Gasteiger partial charge on any atom is -0.451 e. The summed E-state index contributed by atoms with van der Waals surface area (Å²) in [5.41, 5.74) is 1.21. The van der Waals surface area contributed by atoms with Crippen LogP contribution >= 0.6 is 34.5 Å². The molecule has 5 nitrogen and oxygen atoms in total. The number of ether oxygens (including phenoxy) is 1. The van der Waals surface area contributed by atoms with Gasteiger partial charge in [-0.25, -0.2) is 9.78 Å². The standard InChI is InChI=1S/C15H12Cl2N2O3S/c16-9-5-10(17)14(18-6-9)19-13(20)7-22-15(21)12-4-8-2-1-3-11(8)23-12/h4-6H,1-3,7H2,(H,18,19,20). The van der Waals surface area contributed by atoms with Gasteiger partial charge < -0.3 is 10.1 Å². The lowest BCUT2D eigenvalue weighted by Gasteiger charge is -2.07. The van der Waals surface area contributed by atoms with Gasteiger partial charge in [0.05, 0.1) is 10.0 Å². The van der Waals surface area contributed by atoms with E-state index in [-0.39, 0.29) is 10.8 Å². The molecule has 23 heavy (non-hydrogen) atoms. The molecular weight excluding hydrogens is 359 g/mol. The van der Waals surface area contributed by atoms with Gasteiger partial charge in [-0.15, -0.1) is 11.3 Å². The van der Waals surface area contributed by atoms with Crippen molar-refractivity contribution in [1.82, 2.24) is 4.98 Å². The molecule has 3 rings (SSSR count). The van der Waals surface area contributed by atoms with E-state index in [1.165, 1.54) is 34.0 Å². The van der Waals surface area contributed by atoms with Crippen molar-refractivity contribution in [2.24, 2.45) is 0 Å². The van der Waals surface area contributed by atoms with Crippen molar-refractivity contribution >= 4 is 52.2 Å². The summed E-state index contributed by atoms with van der Waals surface area (Å²) in [6, 6.07) is 3.32. The number of hydrogen-bond acceptors (Lipinski definition) is 5. The number of anilines is 1. The third-order valence-corrected chi connectivity index (χ3v) is 5.06. The van der Waals surface area contributed by atoms with Gasteiger partial charge in [0.1, 0.15) is 4.88 Å². The average molecular weight is 371 g/mol. The van der Waals surface area contributed by atoms with Crippen LogP contribution in [0.25, 0.3) is 0 Å². The maximum atomic E-state index is 12.0. The number of carbonyl (C=O) groups excluding carboxylic acids is 2. The number of fused-ring (bicyclic) bond motifs is 1. The molecular formula is C15H12Cl2N2O3S. The number of carbonyl (C=O) groups is 2. The number of esters is 1. The first-order chi connectivity index (χ1) is 11.0. The number of halogens is 2. The number of aromatic nitrogens is 1. The fourth-order valence-electron chi connectivity index (χ4n) is 2.31. The Hall–Kier alpha value is -1.63. The van der Waals surface area contributed by atoms with E-state index in [1.807, 2.05) is 6.07 Å². The first kappa shape index (κ1) is 16.2. The smallest absolute Gasteiger partial charge is 0.348 e. The molecule has 0 unspecified atom stereocenters. The molecule has 1 N–H and O–H groups in total. The molecule has 0 bridgehead atoms. The van der Waals surface area contributed by atoms with Crippen LogP contribution in [-0.2, 0) is 22.4 Å². The van der Waals surface area contributed by atoms with Gasteiger partial charge in [0.15, 0.2) is 12.4 Å². The molecule has 1 amide bonds. The van der Waals surface area contributed by atoms with Crippen molar-refractivity contribution in [2.45, 2.75) is 19.3 Å². The molecule has 0 radical (unpaired) electrons. The maximum Gasteiger partial charge on any atom is 0.348 e. The summed E-state index contributed by atoms with van der Waals surface area (Å²) >= 11 is 13.1. The quantitative estimate of drug-likeness (QED) is 0.832. The summed E-state index contributed by atoms with van der Waals surface area (Å²) in [5, 5.41) is 3.05. The van der Waals surface area contributed by atoms with Crippen molar-refractivity contribution in [1.29, 1.82) is 0 Å². The monoisotopic (exact) mass is 370 g/mol. The van der Waals surface area contributed by atoms with Crippen molar-refractivity contribution < 1.29 is 14.3 Å². The molecule has 0 spiro atoms. The van der Waals surface area contributed by atoms with Crippen LogP contribution in [0.5, 0.6) is 0 Å². The molecule has 0 aromatic carbocycles. The molecule has 2 heterocycles. The Kier molecular flexibility index (Phi) is 4.84. The lowest BCUT2D eigenvalue weighted by atomic mass is 10.2. The zero-order valence-electron chi connectivity index (χ0n) is 11.9. The van der Waals surface area contributed by atoms with Gasteiger partial charge in [-0.2, -0.15) is 0 Å². The predicted octanol–water partition coefficient (Wildman–Crippen LogP) is 3.73. The zero-order valence-corrected chi connectivity index (χ0v) is 14.2. The van der Waals surface area contributed by atoms with E-state index >= 15 is 0 Å². The third kappa shape index (κ3) is 3.83. The second-order valence-corrected chi connectivity index (χ2v) is 7.00. The second-order valence-electron chi connectivity index (χ2n) is 5.02. The molecule has 1 aliphatic carbocycles. The maximum absolute atomic E-state index is 12.0. The predicted molar refractivity (Wildman–Crippen MR) is 89.5 cm³/mol. The van der Waals surface area contributed by atoms with Gasteiger partial charge in [-0.3, -0.25) is 4.79 Å². The van der Waals surface area contributed by atoms with E-state index in [0.717, 1.165) is 19.3 Å². The SMILES string of the molecule is O=C(COC(=O)c1cc2c(s1)CCC2)Nc1ncc(Cl)cc1Cl. The summed E-state index contributed by atoms with van der Waals surface area (Å²) in [4.78, 5) is 29.4. The van der Waals surface area contributed by atoms with Crippen LogP contribution in [-0.4, -0.2) is 23.5 Å². The fourth-order valence-corrected chi connectivity index (χ4v) is 3.88. The van der Waals surface area contributed by atoms with Gasteiger partial charge in [-0.05, 0) is 37.0 Å². The Balaban J connectivity index is 1.54. The molecule has 0 atom stereocenters. The van der Waals surface area contributed by atoms with Crippen LogP contribution < -0.4 is 5.32 Å². The van der Waals surface area contributed by atoms with E-state index in [2.05, 4.69) is 10.3 Å².